The number of amides is 2. The maximum atomic E-state index is 13.4. The van der Waals surface area contributed by atoms with Crippen molar-refractivity contribution in [3.05, 3.63) is 65.7 Å². The minimum absolute atomic E-state index is 0.133. The van der Waals surface area contributed by atoms with Gasteiger partial charge in [0, 0.05) is 5.56 Å². The molecule has 0 unspecified atom stereocenters. The summed E-state index contributed by atoms with van der Waals surface area (Å²) in [5, 5.41) is 12.0. The van der Waals surface area contributed by atoms with Crippen LogP contribution >= 0.6 is 0 Å². The van der Waals surface area contributed by atoms with Crippen molar-refractivity contribution in [2.45, 2.75) is 0 Å². The van der Waals surface area contributed by atoms with Crippen LogP contribution in [-0.2, 0) is 4.79 Å². The Hall–Kier alpha value is -4.51. The first kappa shape index (κ1) is 21.7. The van der Waals surface area contributed by atoms with E-state index in [0.717, 1.165) is 11.1 Å². The molecule has 4 rings (SSSR count). The molecule has 1 aliphatic rings. The number of carbonyl (C=O) groups excluding carboxylic acids is 2. The summed E-state index contributed by atoms with van der Waals surface area (Å²) in [7, 11) is 4.42. The molecular formula is C25H21N3O5. The Morgan fingerprint density at radius 2 is 1.67 bits per heavy atom. The SMILES string of the molecule is COc1cc(C(=O)N2CC(=O)Nc3cc(-c4cccc(C#N)c4)ccc32)cc(OC)c1OC. The maximum Gasteiger partial charge on any atom is 0.259 e. The lowest BCUT2D eigenvalue weighted by molar-refractivity contribution is -0.115. The number of nitrogens with one attached hydrogen (secondary N) is 1. The van der Waals surface area contributed by atoms with Gasteiger partial charge in [-0.25, -0.2) is 0 Å². The van der Waals surface area contributed by atoms with Gasteiger partial charge in [-0.2, -0.15) is 5.26 Å². The number of fused-ring (bicyclic) bond motifs is 1. The van der Waals surface area contributed by atoms with Gasteiger partial charge < -0.3 is 19.5 Å². The van der Waals surface area contributed by atoms with Crippen LogP contribution in [0, 0.1) is 11.3 Å². The van der Waals surface area contributed by atoms with Gasteiger partial charge in [0.05, 0.1) is 44.3 Å². The van der Waals surface area contributed by atoms with E-state index >= 15 is 0 Å². The summed E-state index contributed by atoms with van der Waals surface area (Å²) in [4.78, 5) is 27.3. The van der Waals surface area contributed by atoms with Crippen LogP contribution in [0.25, 0.3) is 11.1 Å². The van der Waals surface area contributed by atoms with Gasteiger partial charge >= 0.3 is 0 Å². The molecule has 0 bridgehead atoms. The van der Waals surface area contributed by atoms with E-state index in [0.29, 0.717) is 34.2 Å². The highest BCUT2D eigenvalue weighted by Gasteiger charge is 2.29. The average molecular weight is 443 g/mol. The summed E-state index contributed by atoms with van der Waals surface area (Å²) >= 11 is 0. The average Bonchev–Trinajstić information content (AvgIpc) is 2.86. The molecule has 166 valence electrons. The molecular weight excluding hydrogens is 422 g/mol. The quantitative estimate of drug-likeness (QED) is 0.643. The largest absolute Gasteiger partial charge is 0.493 e. The molecule has 8 heteroatoms. The third-order valence-electron chi connectivity index (χ3n) is 5.34. The molecule has 3 aromatic carbocycles. The first-order valence-corrected chi connectivity index (χ1v) is 10.1. The fourth-order valence-corrected chi connectivity index (χ4v) is 3.78. The van der Waals surface area contributed by atoms with E-state index in [2.05, 4.69) is 11.4 Å². The number of benzene rings is 3. The minimum Gasteiger partial charge on any atom is -0.493 e. The second kappa shape index (κ2) is 8.93. The van der Waals surface area contributed by atoms with Crippen LogP contribution in [0.4, 0.5) is 11.4 Å². The van der Waals surface area contributed by atoms with Gasteiger partial charge in [0.15, 0.2) is 11.5 Å². The van der Waals surface area contributed by atoms with Gasteiger partial charge in [0.25, 0.3) is 5.91 Å². The number of hydrogen-bond donors (Lipinski definition) is 1. The molecule has 0 aromatic heterocycles. The van der Waals surface area contributed by atoms with Crippen LogP contribution < -0.4 is 24.4 Å². The predicted molar refractivity (Wildman–Crippen MR) is 123 cm³/mol. The van der Waals surface area contributed by atoms with Crippen LogP contribution in [0.1, 0.15) is 15.9 Å². The Labute approximate surface area is 190 Å². The predicted octanol–water partition coefficient (Wildman–Crippen LogP) is 3.85. The molecule has 0 atom stereocenters. The van der Waals surface area contributed by atoms with Crippen molar-refractivity contribution in [3.63, 3.8) is 0 Å². The highest BCUT2D eigenvalue weighted by Crippen LogP contribution is 2.40. The van der Waals surface area contributed by atoms with E-state index in [1.165, 1.54) is 26.2 Å². The van der Waals surface area contributed by atoms with Crippen molar-refractivity contribution >= 4 is 23.2 Å². The summed E-state index contributed by atoms with van der Waals surface area (Å²) in [5.41, 5.74) is 3.54. The second-order valence-corrected chi connectivity index (χ2v) is 7.28. The van der Waals surface area contributed by atoms with Crippen molar-refractivity contribution in [1.29, 1.82) is 5.26 Å². The van der Waals surface area contributed by atoms with E-state index in [9.17, 15) is 14.9 Å². The van der Waals surface area contributed by atoms with E-state index in [1.807, 2.05) is 12.1 Å². The number of nitrogens with zero attached hydrogens (tertiary/aromatic N) is 2. The third-order valence-corrected chi connectivity index (χ3v) is 5.34. The molecule has 0 spiro atoms. The minimum atomic E-state index is -0.385. The van der Waals surface area contributed by atoms with Crippen molar-refractivity contribution in [3.8, 4) is 34.4 Å². The number of methoxy groups -OCH3 is 3. The van der Waals surface area contributed by atoms with Crippen molar-refractivity contribution in [2.24, 2.45) is 0 Å². The number of anilines is 2. The van der Waals surface area contributed by atoms with Crippen LogP contribution in [0.2, 0.25) is 0 Å². The Bertz CT molecular complexity index is 1270. The molecule has 0 radical (unpaired) electrons. The Kier molecular flexibility index (Phi) is 5.87. The Morgan fingerprint density at radius 1 is 0.970 bits per heavy atom. The highest BCUT2D eigenvalue weighted by molar-refractivity contribution is 6.15. The number of rotatable bonds is 5. The molecule has 0 fully saturated rings. The van der Waals surface area contributed by atoms with Gasteiger partial charge in [-0.05, 0) is 47.5 Å². The monoisotopic (exact) mass is 443 g/mol. The summed E-state index contributed by atoms with van der Waals surface area (Å²) in [6.07, 6.45) is 0. The third kappa shape index (κ3) is 4.04. The fraction of sp³-hybridized carbons (Fsp3) is 0.160. The van der Waals surface area contributed by atoms with Gasteiger partial charge in [0.1, 0.15) is 6.54 Å². The Balaban J connectivity index is 1.75. The maximum absolute atomic E-state index is 13.4. The first-order valence-electron chi connectivity index (χ1n) is 10.1. The van der Waals surface area contributed by atoms with E-state index in [4.69, 9.17) is 14.2 Å². The molecule has 1 aliphatic heterocycles. The van der Waals surface area contributed by atoms with Gasteiger partial charge in [0.2, 0.25) is 11.7 Å². The lowest BCUT2D eigenvalue weighted by Crippen LogP contribution is -2.42. The zero-order valence-corrected chi connectivity index (χ0v) is 18.3. The summed E-state index contributed by atoms with van der Waals surface area (Å²) in [6, 6.07) is 17.8. The topological polar surface area (TPSA) is 101 Å². The van der Waals surface area contributed by atoms with E-state index in [1.54, 1.807) is 42.5 Å². The van der Waals surface area contributed by atoms with Crippen LogP contribution in [0.3, 0.4) is 0 Å². The van der Waals surface area contributed by atoms with Gasteiger partial charge in [-0.1, -0.05) is 18.2 Å². The second-order valence-electron chi connectivity index (χ2n) is 7.28. The van der Waals surface area contributed by atoms with Crippen LogP contribution in [0.15, 0.2) is 54.6 Å². The molecule has 0 saturated heterocycles. The smallest absolute Gasteiger partial charge is 0.259 e. The zero-order valence-electron chi connectivity index (χ0n) is 18.3. The summed E-state index contributed by atoms with van der Waals surface area (Å²) in [6.45, 7) is -0.133. The highest BCUT2D eigenvalue weighted by atomic mass is 16.5. The van der Waals surface area contributed by atoms with Crippen molar-refractivity contribution < 1.29 is 23.8 Å². The van der Waals surface area contributed by atoms with E-state index < -0.39 is 0 Å². The number of carbonyl (C=O) groups is 2. The van der Waals surface area contributed by atoms with Gasteiger partial charge in [-0.15, -0.1) is 0 Å². The normalized spacial score (nSPS) is 12.3. The molecule has 2 amide bonds. The standard InChI is InChI=1S/C25H21N3O5/c1-31-21-11-18(12-22(32-2)24(21)33-3)25(30)28-14-23(29)27-19-10-17(7-8-20(19)28)16-6-4-5-15(9-16)13-26/h4-12H,14H2,1-3H3,(H,27,29). The van der Waals surface area contributed by atoms with E-state index in [-0.39, 0.29) is 23.9 Å². The number of ether oxygens (including phenoxy) is 3. The van der Waals surface area contributed by atoms with Crippen LogP contribution in [0.5, 0.6) is 17.2 Å². The molecule has 1 N–H and O–H groups in total. The fourth-order valence-electron chi connectivity index (χ4n) is 3.78. The first-order chi connectivity index (χ1) is 16.0. The Morgan fingerprint density at radius 3 is 2.30 bits per heavy atom. The van der Waals surface area contributed by atoms with Crippen molar-refractivity contribution in [1.82, 2.24) is 0 Å². The van der Waals surface area contributed by atoms with Crippen molar-refractivity contribution in [2.75, 3.05) is 38.1 Å². The summed E-state index contributed by atoms with van der Waals surface area (Å²) in [5.74, 6) is 0.359. The molecule has 33 heavy (non-hydrogen) atoms. The molecule has 1 heterocycles. The molecule has 0 saturated carbocycles. The van der Waals surface area contributed by atoms with Gasteiger partial charge in [-0.3, -0.25) is 14.5 Å². The summed E-state index contributed by atoms with van der Waals surface area (Å²) < 4.78 is 16.0. The number of hydrogen-bond acceptors (Lipinski definition) is 6. The lowest BCUT2D eigenvalue weighted by atomic mass is 10.0. The molecule has 3 aromatic rings. The zero-order chi connectivity index (χ0) is 23.5. The lowest BCUT2D eigenvalue weighted by Gasteiger charge is -2.30. The number of nitriles is 1. The molecule has 0 aliphatic carbocycles. The molecule has 8 nitrogen and oxygen atoms in total. The van der Waals surface area contributed by atoms with Crippen LogP contribution in [-0.4, -0.2) is 39.7 Å².